The van der Waals surface area contributed by atoms with Crippen LogP contribution in [-0.4, -0.2) is 52.6 Å². The van der Waals surface area contributed by atoms with Gasteiger partial charge in [0.05, 0.1) is 18.8 Å². The smallest absolute Gasteiger partial charge is 0.207 e. The van der Waals surface area contributed by atoms with Crippen LogP contribution in [-0.2, 0) is 11.3 Å². The number of likely N-dealkylation sites (tertiary alicyclic amines) is 1. The monoisotopic (exact) mass is 249 g/mol. The number of hydrogen-bond acceptors (Lipinski definition) is 6. The van der Waals surface area contributed by atoms with E-state index in [1.54, 1.807) is 7.11 Å². The molecule has 2 heterocycles. The average molecular weight is 250 g/mol. The summed E-state index contributed by atoms with van der Waals surface area (Å²) in [6, 6.07) is 0. The number of aliphatic hydroxyl groups is 1. The summed E-state index contributed by atoms with van der Waals surface area (Å²) >= 11 is 7.05. The zero-order valence-corrected chi connectivity index (χ0v) is 9.83. The molecule has 5 nitrogen and oxygen atoms in total. The molecule has 7 heteroatoms. The van der Waals surface area contributed by atoms with Crippen molar-refractivity contribution < 1.29 is 9.84 Å². The van der Waals surface area contributed by atoms with E-state index in [4.69, 9.17) is 16.3 Å². The second kappa shape index (κ2) is 4.71. The molecule has 1 N–H and O–H groups in total. The van der Waals surface area contributed by atoms with Crippen molar-refractivity contribution in [3.63, 3.8) is 0 Å². The van der Waals surface area contributed by atoms with Gasteiger partial charge in [0.2, 0.25) is 4.47 Å². The molecule has 1 aromatic heterocycles. The van der Waals surface area contributed by atoms with E-state index in [2.05, 4.69) is 15.1 Å². The van der Waals surface area contributed by atoms with E-state index >= 15 is 0 Å². The first-order chi connectivity index (χ1) is 7.19. The summed E-state index contributed by atoms with van der Waals surface area (Å²) in [5.41, 5.74) is 0. The molecule has 2 atom stereocenters. The molecule has 0 aromatic carbocycles. The van der Waals surface area contributed by atoms with Crippen LogP contribution in [0.5, 0.6) is 0 Å². The van der Waals surface area contributed by atoms with E-state index in [0.717, 1.165) is 11.6 Å². The van der Waals surface area contributed by atoms with Gasteiger partial charge < -0.3 is 9.84 Å². The minimum absolute atomic E-state index is 0.103. The molecule has 0 amide bonds. The fourth-order valence-corrected chi connectivity index (χ4v) is 2.59. The van der Waals surface area contributed by atoms with Gasteiger partial charge in [-0.15, -0.1) is 10.2 Å². The Morgan fingerprint density at radius 2 is 2.40 bits per heavy atom. The number of rotatable bonds is 3. The molecular weight excluding hydrogens is 238 g/mol. The molecule has 1 fully saturated rings. The number of ether oxygens (including phenoxy) is 1. The lowest BCUT2D eigenvalue weighted by Gasteiger charge is -2.12. The molecule has 1 aromatic rings. The van der Waals surface area contributed by atoms with Crippen molar-refractivity contribution in [3.05, 3.63) is 9.47 Å². The minimum Gasteiger partial charge on any atom is -0.389 e. The van der Waals surface area contributed by atoms with Crippen molar-refractivity contribution in [1.82, 2.24) is 15.1 Å². The van der Waals surface area contributed by atoms with Crippen molar-refractivity contribution in [2.75, 3.05) is 20.2 Å². The van der Waals surface area contributed by atoms with Gasteiger partial charge in [0, 0.05) is 20.2 Å². The van der Waals surface area contributed by atoms with Gasteiger partial charge in [-0.3, -0.25) is 4.90 Å². The third kappa shape index (κ3) is 2.64. The van der Waals surface area contributed by atoms with Crippen LogP contribution in [0.25, 0.3) is 0 Å². The van der Waals surface area contributed by atoms with Crippen molar-refractivity contribution in [2.24, 2.45) is 0 Å². The zero-order chi connectivity index (χ0) is 10.8. The van der Waals surface area contributed by atoms with Gasteiger partial charge in [-0.25, -0.2) is 0 Å². The molecule has 2 rings (SSSR count). The Morgan fingerprint density at radius 1 is 1.60 bits per heavy atom. The van der Waals surface area contributed by atoms with Crippen LogP contribution < -0.4 is 0 Å². The third-order valence-electron chi connectivity index (χ3n) is 2.42. The highest BCUT2D eigenvalue weighted by molar-refractivity contribution is 7.15. The molecule has 0 unspecified atom stereocenters. The number of halogens is 1. The highest BCUT2D eigenvalue weighted by Crippen LogP contribution is 2.20. The van der Waals surface area contributed by atoms with Gasteiger partial charge in [-0.05, 0) is 11.6 Å². The van der Waals surface area contributed by atoms with Crippen molar-refractivity contribution >= 4 is 22.9 Å². The SMILES string of the molecule is CO[C@@H]1CN(Cc2nnc(Cl)s2)C[C@H]1O. The Hall–Kier alpha value is -0.270. The Balaban J connectivity index is 1.92. The quantitative estimate of drug-likeness (QED) is 0.840. The molecule has 0 bridgehead atoms. The molecule has 84 valence electrons. The summed E-state index contributed by atoms with van der Waals surface area (Å²) in [5, 5.41) is 18.1. The second-order valence-corrected chi connectivity index (χ2v) is 5.13. The fraction of sp³-hybridized carbons (Fsp3) is 0.750. The van der Waals surface area contributed by atoms with E-state index in [1.807, 2.05) is 0 Å². The Bertz CT molecular complexity index is 335. The number of nitrogens with zero attached hydrogens (tertiary/aromatic N) is 3. The van der Waals surface area contributed by atoms with Crippen molar-refractivity contribution in [1.29, 1.82) is 0 Å². The summed E-state index contributed by atoms with van der Waals surface area (Å²) < 4.78 is 5.60. The first-order valence-electron chi connectivity index (χ1n) is 4.60. The maximum absolute atomic E-state index is 9.62. The standard InChI is InChI=1S/C8H12ClN3O2S/c1-14-6-3-12(2-5(6)13)4-7-10-11-8(9)15-7/h5-6,13H,2-4H2,1H3/t5-,6-/m1/s1. The molecule has 1 saturated heterocycles. The average Bonchev–Trinajstić information content (AvgIpc) is 2.73. The van der Waals surface area contributed by atoms with E-state index in [-0.39, 0.29) is 6.10 Å². The van der Waals surface area contributed by atoms with Crippen LogP contribution in [0, 0.1) is 0 Å². The number of aliphatic hydroxyl groups excluding tert-OH is 1. The van der Waals surface area contributed by atoms with Crippen LogP contribution in [0.15, 0.2) is 0 Å². The molecule has 0 saturated carbocycles. The second-order valence-electron chi connectivity index (χ2n) is 3.48. The van der Waals surface area contributed by atoms with Gasteiger partial charge in [0.1, 0.15) is 5.01 Å². The lowest BCUT2D eigenvalue weighted by Crippen LogP contribution is -2.25. The summed E-state index contributed by atoms with van der Waals surface area (Å²) in [7, 11) is 1.61. The molecule has 1 aliphatic rings. The molecule has 0 radical (unpaired) electrons. The molecule has 0 aliphatic carbocycles. The summed E-state index contributed by atoms with van der Waals surface area (Å²) in [6.07, 6.45) is -0.521. The van der Waals surface area contributed by atoms with Crippen LogP contribution in [0.2, 0.25) is 4.47 Å². The Kier molecular flexibility index (Phi) is 3.53. The van der Waals surface area contributed by atoms with Crippen LogP contribution in [0.3, 0.4) is 0 Å². The molecule has 15 heavy (non-hydrogen) atoms. The fourth-order valence-electron chi connectivity index (χ4n) is 1.68. The predicted molar refractivity (Wildman–Crippen MR) is 57.0 cm³/mol. The van der Waals surface area contributed by atoms with Gasteiger partial charge >= 0.3 is 0 Å². The zero-order valence-electron chi connectivity index (χ0n) is 8.26. The maximum Gasteiger partial charge on any atom is 0.207 e. The lowest BCUT2D eigenvalue weighted by molar-refractivity contribution is 0.0215. The van der Waals surface area contributed by atoms with E-state index in [9.17, 15) is 5.11 Å². The maximum atomic E-state index is 9.62. The van der Waals surface area contributed by atoms with Crippen LogP contribution in [0.1, 0.15) is 5.01 Å². The summed E-state index contributed by atoms with van der Waals surface area (Å²) in [6.45, 7) is 1.99. The van der Waals surface area contributed by atoms with Crippen molar-refractivity contribution in [2.45, 2.75) is 18.8 Å². The van der Waals surface area contributed by atoms with Crippen LogP contribution in [0.4, 0.5) is 0 Å². The highest BCUT2D eigenvalue weighted by Gasteiger charge is 2.31. The van der Waals surface area contributed by atoms with E-state index in [0.29, 0.717) is 17.6 Å². The van der Waals surface area contributed by atoms with Crippen LogP contribution >= 0.6 is 22.9 Å². The molecular formula is C8H12ClN3O2S. The van der Waals surface area contributed by atoms with Gasteiger partial charge in [0.25, 0.3) is 0 Å². The first kappa shape index (κ1) is 11.2. The van der Waals surface area contributed by atoms with E-state index in [1.165, 1.54) is 11.3 Å². The topological polar surface area (TPSA) is 58.5 Å². The summed E-state index contributed by atoms with van der Waals surface area (Å²) in [5.74, 6) is 0. The molecule has 0 spiro atoms. The number of hydrogen-bond donors (Lipinski definition) is 1. The lowest BCUT2D eigenvalue weighted by atomic mass is 10.3. The first-order valence-corrected chi connectivity index (χ1v) is 5.79. The van der Waals surface area contributed by atoms with Gasteiger partial charge in [0.15, 0.2) is 0 Å². The number of methoxy groups -OCH3 is 1. The number of aromatic nitrogens is 2. The molecule has 1 aliphatic heterocycles. The Morgan fingerprint density at radius 3 is 2.93 bits per heavy atom. The van der Waals surface area contributed by atoms with E-state index < -0.39 is 6.10 Å². The number of β-amino-alcohol motifs (C(OH)–C–C–N with tert-alkyl or cyclic N) is 1. The van der Waals surface area contributed by atoms with Gasteiger partial charge in [-0.2, -0.15) is 0 Å². The van der Waals surface area contributed by atoms with Crippen molar-refractivity contribution in [3.8, 4) is 0 Å². The summed E-state index contributed by atoms with van der Waals surface area (Å²) in [4.78, 5) is 2.08. The third-order valence-corrected chi connectivity index (χ3v) is 3.42. The highest BCUT2D eigenvalue weighted by atomic mass is 35.5. The normalized spacial score (nSPS) is 27.4. The van der Waals surface area contributed by atoms with Gasteiger partial charge in [-0.1, -0.05) is 11.3 Å². The largest absolute Gasteiger partial charge is 0.389 e. The Labute approximate surface area is 96.6 Å². The minimum atomic E-state index is -0.418. The predicted octanol–water partition coefficient (Wildman–Crippen LogP) is 0.383.